The molecule has 17 heavy (non-hydrogen) atoms. The summed E-state index contributed by atoms with van der Waals surface area (Å²) in [6.07, 6.45) is 2.29. The van der Waals surface area contributed by atoms with E-state index in [1.54, 1.807) is 6.20 Å². The molecule has 0 saturated carbocycles. The summed E-state index contributed by atoms with van der Waals surface area (Å²) in [4.78, 5) is 15.5. The molecule has 0 radical (unpaired) electrons. The van der Waals surface area contributed by atoms with Gasteiger partial charge in [-0.25, -0.2) is 0 Å². The molecule has 1 heterocycles. The number of aromatic nitrogens is 1. The highest BCUT2D eigenvalue weighted by Gasteiger charge is 2.15. The van der Waals surface area contributed by atoms with Crippen molar-refractivity contribution in [3.63, 3.8) is 0 Å². The number of benzene rings is 1. The number of rotatable bonds is 4. The molecule has 4 N–H and O–H groups in total. The molecule has 0 aliphatic carbocycles. The number of fused-ring (bicyclic) bond motifs is 1. The van der Waals surface area contributed by atoms with Gasteiger partial charge in [-0.3, -0.25) is 9.78 Å². The first kappa shape index (κ1) is 11.5. The zero-order valence-electron chi connectivity index (χ0n) is 9.47. The fourth-order valence-corrected chi connectivity index (χ4v) is 1.90. The van der Waals surface area contributed by atoms with Gasteiger partial charge in [0.2, 0.25) is 5.91 Å². The van der Waals surface area contributed by atoms with Crippen LogP contribution in [-0.2, 0) is 11.2 Å². The van der Waals surface area contributed by atoms with Crippen LogP contribution in [0.5, 0.6) is 0 Å². The van der Waals surface area contributed by atoms with E-state index in [1.807, 2.05) is 30.3 Å². The van der Waals surface area contributed by atoms with E-state index < -0.39 is 0 Å². The fraction of sp³-hybridized carbons (Fsp3) is 0.231. The summed E-state index contributed by atoms with van der Waals surface area (Å²) in [6.45, 7) is 0.262. The number of pyridine rings is 1. The summed E-state index contributed by atoms with van der Waals surface area (Å²) < 4.78 is 0. The Morgan fingerprint density at radius 2 is 2.06 bits per heavy atom. The van der Waals surface area contributed by atoms with E-state index in [-0.39, 0.29) is 18.4 Å². The Morgan fingerprint density at radius 3 is 2.76 bits per heavy atom. The molecular formula is C13H15N3O. The number of nitrogens with zero attached hydrogens (tertiary/aromatic N) is 1. The van der Waals surface area contributed by atoms with Crippen LogP contribution in [0.4, 0.5) is 0 Å². The lowest BCUT2D eigenvalue weighted by molar-refractivity contribution is -0.121. The Kier molecular flexibility index (Phi) is 3.35. The predicted octanol–water partition coefficient (Wildman–Crippen LogP) is 0.837. The average molecular weight is 229 g/mol. The molecule has 1 atom stereocenters. The highest BCUT2D eigenvalue weighted by molar-refractivity contribution is 5.83. The van der Waals surface area contributed by atoms with Gasteiger partial charge in [0.05, 0.1) is 11.4 Å². The van der Waals surface area contributed by atoms with Crippen LogP contribution in [0.3, 0.4) is 0 Å². The lowest BCUT2D eigenvalue weighted by Crippen LogP contribution is -2.31. The predicted molar refractivity (Wildman–Crippen MR) is 67.2 cm³/mol. The summed E-state index contributed by atoms with van der Waals surface area (Å²) >= 11 is 0. The number of para-hydroxylation sites is 1. The Morgan fingerprint density at radius 1 is 1.29 bits per heavy atom. The van der Waals surface area contributed by atoms with Crippen LogP contribution in [0, 0.1) is 5.92 Å². The molecule has 2 aromatic rings. The van der Waals surface area contributed by atoms with Gasteiger partial charge >= 0.3 is 0 Å². The lowest BCUT2D eigenvalue weighted by atomic mass is 9.97. The van der Waals surface area contributed by atoms with E-state index in [4.69, 9.17) is 11.5 Å². The van der Waals surface area contributed by atoms with Crippen molar-refractivity contribution in [1.29, 1.82) is 0 Å². The zero-order valence-corrected chi connectivity index (χ0v) is 9.47. The molecule has 1 aromatic carbocycles. The van der Waals surface area contributed by atoms with Crippen LogP contribution in [-0.4, -0.2) is 17.4 Å². The normalized spacial score (nSPS) is 12.5. The minimum absolute atomic E-state index is 0.262. The second kappa shape index (κ2) is 4.93. The maximum absolute atomic E-state index is 11.2. The van der Waals surface area contributed by atoms with Gasteiger partial charge in [-0.1, -0.05) is 24.3 Å². The highest BCUT2D eigenvalue weighted by Crippen LogP contribution is 2.18. The van der Waals surface area contributed by atoms with E-state index in [0.29, 0.717) is 6.42 Å². The summed E-state index contributed by atoms with van der Waals surface area (Å²) in [5, 5.41) is 1.06. The molecule has 4 nitrogen and oxygen atoms in total. The van der Waals surface area contributed by atoms with E-state index in [9.17, 15) is 4.79 Å². The molecule has 0 aliphatic rings. The van der Waals surface area contributed by atoms with Crippen molar-refractivity contribution in [3.05, 3.63) is 42.1 Å². The third-order valence-electron chi connectivity index (χ3n) is 2.87. The number of amides is 1. The van der Waals surface area contributed by atoms with Gasteiger partial charge in [-0.05, 0) is 18.1 Å². The molecule has 0 aliphatic heterocycles. The lowest BCUT2D eigenvalue weighted by Gasteiger charge is -2.11. The molecule has 1 amide bonds. The molecular weight excluding hydrogens is 214 g/mol. The van der Waals surface area contributed by atoms with Gasteiger partial charge in [0, 0.05) is 18.1 Å². The molecule has 2 rings (SSSR count). The van der Waals surface area contributed by atoms with Crippen molar-refractivity contribution in [1.82, 2.24) is 4.98 Å². The minimum Gasteiger partial charge on any atom is -0.369 e. The van der Waals surface area contributed by atoms with Crippen LogP contribution in [0.1, 0.15) is 5.56 Å². The van der Waals surface area contributed by atoms with E-state index in [0.717, 1.165) is 16.5 Å². The number of carbonyl (C=O) groups excluding carboxylic acids is 1. The summed E-state index contributed by atoms with van der Waals surface area (Å²) in [5.41, 5.74) is 12.8. The minimum atomic E-state index is -0.361. The third kappa shape index (κ3) is 2.42. The number of carbonyl (C=O) groups is 1. The Bertz CT molecular complexity index is 534. The molecule has 0 fully saturated rings. The third-order valence-corrected chi connectivity index (χ3v) is 2.87. The first-order valence-electron chi connectivity index (χ1n) is 5.54. The maximum Gasteiger partial charge on any atom is 0.222 e. The second-order valence-electron chi connectivity index (χ2n) is 4.03. The average Bonchev–Trinajstić information content (AvgIpc) is 2.35. The van der Waals surface area contributed by atoms with Gasteiger partial charge in [-0.15, -0.1) is 0 Å². The highest BCUT2D eigenvalue weighted by atomic mass is 16.1. The van der Waals surface area contributed by atoms with Crippen LogP contribution >= 0.6 is 0 Å². The van der Waals surface area contributed by atoms with E-state index >= 15 is 0 Å². The second-order valence-corrected chi connectivity index (χ2v) is 4.03. The molecule has 0 saturated heterocycles. The number of hydrogen-bond donors (Lipinski definition) is 2. The summed E-state index contributed by atoms with van der Waals surface area (Å²) in [6, 6.07) is 9.79. The van der Waals surface area contributed by atoms with Gasteiger partial charge in [0.1, 0.15) is 0 Å². The summed E-state index contributed by atoms with van der Waals surface area (Å²) in [7, 11) is 0. The zero-order chi connectivity index (χ0) is 12.3. The van der Waals surface area contributed by atoms with Crippen molar-refractivity contribution in [2.75, 3.05) is 6.54 Å². The molecule has 88 valence electrons. The first-order chi connectivity index (χ1) is 8.22. The van der Waals surface area contributed by atoms with Crippen molar-refractivity contribution in [2.45, 2.75) is 6.42 Å². The van der Waals surface area contributed by atoms with Crippen LogP contribution in [0.25, 0.3) is 10.9 Å². The number of primary amides is 1. The quantitative estimate of drug-likeness (QED) is 0.815. The van der Waals surface area contributed by atoms with Crippen molar-refractivity contribution >= 4 is 16.8 Å². The van der Waals surface area contributed by atoms with Crippen molar-refractivity contribution in [2.24, 2.45) is 17.4 Å². The molecule has 0 bridgehead atoms. The van der Waals surface area contributed by atoms with Crippen LogP contribution in [0.2, 0.25) is 0 Å². The van der Waals surface area contributed by atoms with Gasteiger partial charge in [0.15, 0.2) is 0 Å². The molecule has 0 spiro atoms. The molecule has 4 heteroatoms. The van der Waals surface area contributed by atoms with Crippen LogP contribution < -0.4 is 11.5 Å². The van der Waals surface area contributed by atoms with Gasteiger partial charge in [-0.2, -0.15) is 0 Å². The topological polar surface area (TPSA) is 82.0 Å². The molecule has 1 aromatic heterocycles. The standard InChI is InChI=1S/C13H15N3O/c14-8-11(13(15)17)7-10-4-1-3-9-5-2-6-16-12(9)10/h1-6,11H,7-8,14H2,(H2,15,17). The van der Waals surface area contributed by atoms with Crippen molar-refractivity contribution in [3.8, 4) is 0 Å². The van der Waals surface area contributed by atoms with Gasteiger partial charge < -0.3 is 11.5 Å². The van der Waals surface area contributed by atoms with E-state index in [1.165, 1.54) is 0 Å². The first-order valence-corrected chi connectivity index (χ1v) is 5.54. The number of nitrogens with two attached hydrogens (primary N) is 2. The smallest absolute Gasteiger partial charge is 0.222 e. The largest absolute Gasteiger partial charge is 0.369 e. The van der Waals surface area contributed by atoms with E-state index in [2.05, 4.69) is 4.98 Å². The van der Waals surface area contributed by atoms with Gasteiger partial charge in [0.25, 0.3) is 0 Å². The van der Waals surface area contributed by atoms with Crippen LogP contribution in [0.15, 0.2) is 36.5 Å². The Labute approximate surface area is 99.6 Å². The fourth-order valence-electron chi connectivity index (χ4n) is 1.90. The SMILES string of the molecule is NCC(Cc1cccc2cccnc12)C(N)=O. The Hall–Kier alpha value is -1.94. The monoisotopic (exact) mass is 229 g/mol. The maximum atomic E-state index is 11.2. The summed E-state index contributed by atoms with van der Waals surface area (Å²) in [5.74, 6) is -0.692. The van der Waals surface area contributed by atoms with Crippen molar-refractivity contribution < 1.29 is 4.79 Å². The molecule has 1 unspecified atom stereocenters. The number of hydrogen-bond acceptors (Lipinski definition) is 3. The Balaban J connectivity index is 2.38.